The van der Waals surface area contributed by atoms with E-state index in [-0.39, 0.29) is 0 Å². The van der Waals surface area contributed by atoms with Crippen molar-refractivity contribution in [3.05, 3.63) is 60.2 Å². The first-order valence-electron chi connectivity index (χ1n) is 8.52. The predicted octanol–water partition coefficient (Wildman–Crippen LogP) is 7.04. The van der Waals surface area contributed by atoms with Crippen LogP contribution in [-0.2, 0) is 0 Å². The summed E-state index contributed by atoms with van der Waals surface area (Å²) in [6.45, 7) is 10.8. The Bertz CT molecular complexity index is 499. The maximum Gasteiger partial charge on any atom is 0.127 e. The van der Waals surface area contributed by atoms with Gasteiger partial charge in [-0.3, -0.25) is 0 Å². The molecule has 0 aromatic heterocycles. The minimum atomic E-state index is 0.653. The van der Waals surface area contributed by atoms with E-state index in [4.69, 9.17) is 4.74 Å². The van der Waals surface area contributed by atoms with E-state index >= 15 is 0 Å². The zero-order chi connectivity index (χ0) is 16.4. The van der Waals surface area contributed by atoms with Gasteiger partial charge >= 0.3 is 0 Å². The Labute approximate surface area is 136 Å². The second-order valence-corrected chi connectivity index (χ2v) is 5.72. The highest BCUT2D eigenvalue weighted by Crippen LogP contribution is 2.29. The van der Waals surface area contributed by atoms with Gasteiger partial charge in [0.25, 0.3) is 0 Å². The minimum absolute atomic E-state index is 0.653. The van der Waals surface area contributed by atoms with E-state index in [0.717, 1.165) is 17.4 Å². The lowest BCUT2D eigenvalue weighted by molar-refractivity contribution is 0.477. The van der Waals surface area contributed by atoms with Crippen molar-refractivity contribution in [2.45, 2.75) is 53.4 Å². The van der Waals surface area contributed by atoms with Gasteiger partial charge in [0.05, 0.1) is 0 Å². The van der Waals surface area contributed by atoms with Crippen molar-refractivity contribution < 1.29 is 4.74 Å². The van der Waals surface area contributed by atoms with Crippen molar-refractivity contribution in [1.82, 2.24) is 0 Å². The monoisotopic (exact) mass is 298 g/mol. The first-order chi connectivity index (χ1) is 10.7. The average molecular weight is 298 g/mol. The van der Waals surface area contributed by atoms with Crippen LogP contribution in [0.3, 0.4) is 0 Å². The molecule has 2 aromatic rings. The van der Waals surface area contributed by atoms with Crippen LogP contribution in [0.1, 0.15) is 58.9 Å². The fourth-order valence-electron chi connectivity index (χ4n) is 2.54. The summed E-state index contributed by atoms with van der Waals surface area (Å²) >= 11 is 0. The molecule has 0 saturated heterocycles. The molecule has 0 fully saturated rings. The standard InChI is InChI=1S/C19H24O.C2H6/c1-4-16(14-15(2)3)17-10-12-19(13-11-17)20-18-8-6-5-7-9-18;1-2/h5-13,15-16H,4,14H2,1-3H3;1-2H3. The highest BCUT2D eigenvalue weighted by Gasteiger charge is 2.11. The third-order valence-electron chi connectivity index (χ3n) is 3.58. The van der Waals surface area contributed by atoms with Crippen molar-refractivity contribution >= 4 is 0 Å². The number of hydrogen-bond acceptors (Lipinski definition) is 1. The van der Waals surface area contributed by atoms with Crippen LogP contribution in [0.15, 0.2) is 54.6 Å². The third kappa shape index (κ3) is 5.93. The molecule has 120 valence electrons. The van der Waals surface area contributed by atoms with Gasteiger partial charge in [-0.15, -0.1) is 0 Å². The summed E-state index contributed by atoms with van der Waals surface area (Å²) in [4.78, 5) is 0. The molecule has 0 bridgehead atoms. The van der Waals surface area contributed by atoms with Crippen LogP contribution in [0.5, 0.6) is 11.5 Å². The second kappa shape index (κ2) is 10.0. The molecule has 1 unspecified atom stereocenters. The van der Waals surface area contributed by atoms with E-state index in [1.165, 1.54) is 18.4 Å². The SMILES string of the molecule is CC.CCC(CC(C)C)c1ccc(Oc2ccccc2)cc1. The fraction of sp³-hybridized carbons (Fsp3) is 0.429. The Morgan fingerprint density at radius 3 is 1.86 bits per heavy atom. The Kier molecular flexibility index (Phi) is 8.35. The Morgan fingerprint density at radius 1 is 0.818 bits per heavy atom. The number of benzene rings is 2. The van der Waals surface area contributed by atoms with Crippen molar-refractivity contribution in [3.8, 4) is 11.5 Å². The molecule has 1 heteroatoms. The minimum Gasteiger partial charge on any atom is -0.457 e. The summed E-state index contributed by atoms with van der Waals surface area (Å²) in [5.41, 5.74) is 1.42. The van der Waals surface area contributed by atoms with Crippen molar-refractivity contribution in [2.24, 2.45) is 5.92 Å². The topological polar surface area (TPSA) is 9.23 Å². The van der Waals surface area contributed by atoms with Gasteiger partial charge in [-0.05, 0) is 54.5 Å². The molecule has 0 radical (unpaired) electrons. The maximum atomic E-state index is 5.83. The van der Waals surface area contributed by atoms with Gasteiger partial charge in [-0.1, -0.05) is 65.0 Å². The molecule has 0 aliphatic rings. The Hall–Kier alpha value is -1.76. The lowest BCUT2D eigenvalue weighted by Crippen LogP contribution is -2.01. The molecule has 2 rings (SSSR count). The van der Waals surface area contributed by atoms with E-state index in [9.17, 15) is 0 Å². The highest BCUT2D eigenvalue weighted by molar-refractivity contribution is 5.34. The maximum absolute atomic E-state index is 5.83. The fourth-order valence-corrected chi connectivity index (χ4v) is 2.54. The van der Waals surface area contributed by atoms with E-state index in [1.807, 2.05) is 44.2 Å². The molecule has 0 heterocycles. The average Bonchev–Trinajstić information content (AvgIpc) is 2.56. The van der Waals surface area contributed by atoms with Gasteiger partial charge in [0.2, 0.25) is 0 Å². The molecule has 2 aromatic carbocycles. The number of para-hydroxylation sites is 1. The third-order valence-corrected chi connectivity index (χ3v) is 3.58. The predicted molar refractivity (Wildman–Crippen MR) is 96.8 cm³/mol. The Morgan fingerprint density at radius 2 is 1.36 bits per heavy atom. The molecule has 0 amide bonds. The molecule has 0 spiro atoms. The smallest absolute Gasteiger partial charge is 0.127 e. The highest BCUT2D eigenvalue weighted by atomic mass is 16.5. The van der Waals surface area contributed by atoms with Crippen LogP contribution in [-0.4, -0.2) is 0 Å². The molecule has 0 aliphatic heterocycles. The second-order valence-electron chi connectivity index (χ2n) is 5.72. The zero-order valence-electron chi connectivity index (χ0n) is 14.7. The summed E-state index contributed by atoms with van der Waals surface area (Å²) in [7, 11) is 0. The van der Waals surface area contributed by atoms with Crippen LogP contribution >= 0.6 is 0 Å². The Balaban J connectivity index is 0.00000116. The van der Waals surface area contributed by atoms with Crippen molar-refractivity contribution in [3.63, 3.8) is 0 Å². The number of ether oxygens (including phenoxy) is 1. The van der Waals surface area contributed by atoms with Crippen LogP contribution in [0.4, 0.5) is 0 Å². The first kappa shape index (κ1) is 18.3. The zero-order valence-corrected chi connectivity index (χ0v) is 14.7. The van der Waals surface area contributed by atoms with E-state index in [1.54, 1.807) is 0 Å². The number of hydrogen-bond donors (Lipinski definition) is 0. The van der Waals surface area contributed by atoms with Crippen molar-refractivity contribution in [2.75, 3.05) is 0 Å². The van der Waals surface area contributed by atoms with Gasteiger partial charge in [-0.2, -0.15) is 0 Å². The summed E-state index contributed by atoms with van der Waals surface area (Å²) in [5.74, 6) is 3.18. The van der Waals surface area contributed by atoms with Gasteiger partial charge < -0.3 is 4.74 Å². The van der Waals surface area contributed by atoms with Crippen LogP contribution < -0.4 is 4.74 Å². The van der Waals surface area contributed by atoms with Crippen molar-refractivity contribution in [1.29, 1.82) is 0 Å². The molecule has 0 saturated carbocycles. The summed E-state index contributed by atoms with van der Waals surface area (Å²) in [5, 5.41) is 0. The van der Waals surface area contributed by atoms with Gasteiger partial charge in [0, 0.05) is 0 Å². The quantitative estimate of drug-likeness (QED) is 0.555. The van der Waals surface area contributed by atoms with Crippen LogP contribution in [0, 0.1) is 5.92 Å². The molecule has 1 nitrogen and oxygen atoms in total. The van der Waals surface area contributed by atoms with Gasteiger partial charge in [0.1, 0.15) is 11.5 Å². The normalized spacial score (nSPS) is 11.5. The summed E-state index contributed by atoms with van der Waals surface area (Å²) in [6.07, 6.45) is 2.44. The molecule has 0 aliphatic carbocycles. The molecular formula is C21H30O. The largest absolute Gasteiger partial charge is 0.457 e. The molecule has 1 atom stereocenters. The number of rotatable bonds is 6. The lowest BCUT2D eigenvalue weighted by atomic mass is 9.88. The van der Waals surface area contributed by atoms with Gasteiger partial charge in [0.15, 0.2) is 0 Å². The molecule has 0 N–H and O–H groups in total. The van der Waals surface area contributed by atoms with E-state index in [2.05, 4.69) is 45.0 Å². The van der Waals surface area contributed by atoms with Gasteiger partial charge in [-0.25, -0.2) is 0 Å². The lowest BCUT2D eigenvalue weighted by Gasteiger charge is -2.18. The van der Waals surface area contributed by atoms with E-state index in [0.29, 0.717) is 5.92 Å². The molecule has 22 heavy (non-hydrogen) atoms. The summed E-state index contributed by atoms with van der Waals surface area (Å²) in [6, 6.07) is 18.5. The molecular weight excluding hydrogens is 268 g/mol. The van der Waals surface area contributed by atoms with E-state index < -0.39 is 0 Å². The van der Waals surface area contributed by atoms with Crippen LogP contribution in [0.25, 0.3) is 0 Å². The van der Waals surface area contributed by atoms with Crippen LogP contribution in [0.2, 0.25) is 0 Å². The summed E-state index contributed by atoms with van der Waals surface area (Å²) < 4.78 is 5.83. The first-order valence-corrected chi connectivity index (χ1v) is 8.52.